The van der Waals surface area contributed by atoms with Crippen LogP contribution in [0.4, 0.5) is 0 Å². The summed E-state index contributed by atoms with van der Waals surface area (Å²) in [6.07, 6.45) is 2.48. The van der Waals surface area contributed by atoms with Crippen molar-refractivity contribution in [1.82, 2.24) is 10.6 Å². The van der Waals surface area contributed by atoms with Crippen molar-refractivity contribution >= 4 is 11.8 Å². The quantitative estimate of drug-likeness (QED) is 0.682. The third-order valence-corrected chi connectivity index (χ3v) is 2.64. The normalized spacial score (nSPS) is 15.7. The predicted octanol–water partition coefficient (Wildman–Crippen LogP) is 0.196. The maximum absolute atomic E-state index is 11.5. The smallest absolute Gasteiger partial charge is 0.251 e. The predicted molar refractivity (Wildman–Crippen MR) is 59.9 cm³/mol. The molecule has 0 aromatic rings. The summed E-state index contributed by atoms with van der Waals surface area (Å²) in [4.78, 5) is 22.8. The van der Waals surface area contributed by atoms with Crippen molar-refractivity contribution in [3.05, 3.63) is 0 Å². The Balaban J connectivity index is 2.14. The fourth-order valence-electron chi connectivity index (χ4n) is 1.12. The molecule has 0 heterocycles. The average molecular weight is 228 g/mol. The molecule has 1 aliphatic carbocycles. The van der Waals surface area contributed by atoms with E-state index < -0.39 is 5.60 Å². The number of amides is 2. The number of ether oxygens (including phenoxy) is 1. The van der Waals surface area contributed by atoms with E-state index in [-0.39, 0.29) is 11.8 Å². The van der Waals surface area contributed by atoms with Gasteiger partial charge in [-0.05, 0) is 26.7 Å². The number of hydrogen-bond donors (Lipinski definition) is 2. The first kappa shape index (κ1) is 13.0. The number of hydrogen-bond acceptors (Lipinski definition) is 3. The minimum Gasteiger partial charge on any atom is -0.369 e. The zero-order chi connectivity index (χ0) is 12.2. The highest BCUT2D eigenvalue weighted by molar-refractivity contribution is 5.85. The molecular formula is C11H20N2O3. The third-order valence-electron chi connectivity index (χ3n) is 2.64. The zero-order valence-corrected chi connectivity index (χ0v) is 10.1. The Morgan fingerprint density at radius 1 is 1.38 bits per heavy atom. The summed E-state index contributed by atoms with van der Waals surface area (Å²) >= 11 is 0. The molecule has 92 valence electrons. The van der Waals surface area contributed by atoms with Crippen molar-refractivity contribution in [2.75, 3.05) is 13.7 Å². The molecule has 0 aliphatic heterocycles. The summed E-state index contributed by atoms with van der Waals surface area (Å²) in [6.45, 7) is 3.73. The number of nitrogens with one attached hydrogen (secondary N) is 2. The fourth-order valence-corrected chi connectivity index (χ4v) is 1.12. The summed E-state index contributed by atoms with van der Waals surface area (Å²) in [7, 11) is 1.49. The summed E-state index contributed by atoms with van der Waals surface area (Å²) in [5.41, 5.74) is -0.840. The minimum absolute atomic E-state index is 0.00183. The van der Waals surface area contributed by atoms with E-state index in [1.165, 1.54) is 7.11 Å². The molecule has 5 heteroatoms. The lowest BCUT2D eigenvalue weighted by Gasteiger charge is -2.21. The van der Waals surface area contributed by atoms with Crippen LogP contribution in [0.5, 0.6) is 0 Å². The molecule has 0 bridgehead atoms. The topological polar surface area (TPSA) is 67.4 Å². The summed E-state index contributed by atoms with van der Waals surface area (Å²) < 4.78 is 5.02. The van der Waals surface area contributed by atoms with Gasteiger partial charge in [-0.3, -0.25) is 9.59 Å². The summed E-state index contributed by atoms with van der Waals surface area (Å²) in [5.74, 6) is -0.202. The van der Waals surface area contributed by atoms with E-state index in [9.17, 15) is 9.59 Å². The van der Waals surface area contributed by atoms with Crippen LogP contribution in [0.1, 0.15) is 33.1 Å². The third kappa shape index (κ3) is 4.18. The Kier molecular flexibility index (Phi) is 4.29. The molecule has 0 aromatic heterocycles. The first-order valence-corrected chi connectivity index (χ1v) is 5.58. The molecule has 1 fully saturated rings. The van der Waals surface area contributed by atoms with E-state index in [1.807, 2.05) is 0 Å². The lowest BCUT2D eigenvalue weighted by Crippen LogP contribution is -2.44. The van der Waals surface area contributed by atoms with Gasteiger partial charge < -0.3 is 15.4 Å². The van der Waals surface area contributed by atoms with Crippen molar-refractivity contribution in [3.63, 3.8) is 0 Å². The Bertz CT molecular complexity index is 272. The number of methoxy groups -OCH3 is 1. The molecule has 0 aromatic carbocycles. The lowest BCUT2D eigenvalue weighted by molar-refractivity contribution is -0.139. The van der Waals surface area contributed by atoms with E-state index in [2.05, 4.69) is 10.6 Å². The second kappa shape index (κ2) is 5.30. The highest BCUT2D eigenvalue weighted by Crippen LogP contribution is 2.18. The largest absolute Gasteiger partial charge is 0.369 e. The van der Waals surface area contributed by atoms with Crippen LogP contribution in [0.2, 0.25) is 0 Å². The molecule has 1 saturated carbocycles. The monoisotopic (exact) mass is 228 g/mol. The van der Waals surface area contributed by atoms with Crippen LogP contribution in [0, 0.1) is 0 Å². The van der Waals surface area contributed by atoms with E-state index in [1.54, 1.807) is 13.8 Å². The lowest BCUT2D eigenvalue weighted by atomic mass is 10.1. The molecule has 0 spiro atoms. The average Bonchev–Trinajstić information content (AvgIpc) is 3.01. The van der Waals surface area contributed by atoms with Gasteiger partial charge >= 0.3 is 0 Å². The molecular weight excluding hydrogens is 208 g/mol. The van der Waals surface area contributed by atoms with Crippen molar-refractivity contribution in [2.24, 2.45) is 0 Å². The van der Waals surface area contributed by atoms with Crippen LogP contribution in [0.3, 0.4) is 0 Å². The van der Waals surface area contributed by atoms with Gasteiger partial charge in [0.15, 0.2) is 0 Å². The molecule has 0 atom stereocenters. The Morgan fingerprint density at radius 3 is 2.50 bits per heavy atom. The molecule has 2 N–H and O–H groups in total. The molecule has 1 aliphatic rings. The van der Waals surface area contributed by atoms with Gasteiger partial charge in [0.05, 0.1) is 0 Å². The van der Waals surface area contributed by atoms with Crippen LogP contribution in [0.25, 0.3) is 0 Å². The number of rotatable bonds is 6. The molecule has 0 saturated heterocycles. The standard InChI is InChI=1S/C11H20N2O3/c1-11(2,16-3)10(15)12-7-6-9(14)13-8-4-5-8/h8H,4-7H2,1-3H3,(H,12,15)(H,13,14). The van der Waals surface area contributed by atoms with E-state index in [0.717, 1.165) is 12.8 Å². The maximum atomic E-state index is 11.5. The second-order valence-electron chi connectivity index (χ2n) is 4.56. The molecule has 5 nitrogen and oxygen atoms in total. The Hall–Kier alpha value is -1.10. The minimum atomic E-state index is -0.840. The van der Waals surface area contributed by atoms with Crippen molar-refractivity contribution in [2.45, 2.75) is 44.8 Å². The van der Waals surface area contributed by atoms with Gasteiger partial charge in [-0.1, -0.05) is 0 Å². The number of carbonyl (C=O) groups is 2. The van der Waals surface area contributed by atoms with Crippen LogP contribution >= 0.6 is 0 Å². The van der Waals surface area contributed by atoms with E-state index >= 15 is 0 Å². The van der Waals surface area contributed by atoms with Crippen LogP contribution in [0.15, 0.2) is 0 Å². The van der Waals surface area contributed by atoms with Gasteiger partial charge in [0, 0.05) is 26.1 Å². The van der Waals surface area contributed by atoms with Crippen molar-refractivity contribution in [3.8, 4) is 0 Å². The van der Waals surface area contributed by atoms with Gasteiger partial charge in [-0.15, -0.1) is 0 Å². The SMILES string of the molecule is COC(C)(C)C(=O)NCCC(=O)NC1CC1. The van der Waals surface area contributed by atoms with Crippen LogP contribution in [-0.2, 0) is 14.3 Å². The Morgan fingerprint density at radius 2 is 2.00 bits per heavy atom. The van der Waals surface area contributed by atoms with Gasteiger partial charge in [0.2, 0.25) is 5.91 Å². The molecule has 0 unspecified atom stereocenters. The highest BCUT2D eigenvalue weighted by Gasteiger charge is 2.27. The maximum Gasteiger partial charge on any atom is 0.251 e. The first-order valence-electron chi connectivity index (χ1n) is 5.58. The van der Waals surface area contributed by atoms with Gasteiger partial charge in [0.25, 0.3) is 5.91 Å². The number of carbonyl (C=O) groups excluding carboxylic acids is 2. The van der Waals surface area contributed by atoms with Gasteiger partial charge in [-0.2, -0.15) is 0 Å². The first-order chi connectivity index (χ1) is 7.45. The van der Waals surface area contributed by atoms with Crippen LogP contribution < -0.4 is 10.6 Å². The van der Waals surface area contributed by atoms with Crippen molar-refractivity contribution < 1.29 is 14.3 Å². The van der Waals surface area contributed by atoms with E-state index in [4.69, 9.17) is 4.74 Å². The molecule has 2 amide bonds. The fraction of sp³-hybridized carbons (Fsp3) is 0.818. The highest BCUT2D eigenvalue weighted by atomic mass is 16.5. The summed E-state index contributed by atoms with van der Waals surface area (Å²) in [5, 5.41) is 5.53. The molecule has 16 heavy (non-hydrogen) atoms. The summed E-state index contributed by atoms with van der Waals surface area (Å²) in [6, 6.07) is 0.374. The molecule has 0 radical (unpaired) electrons. The van der Waals surface area contributed by atoms with Crippen LogP contribution in [-0.4, -0.2) is 37.1 Å². The van der Waals surface area contributed by atoms with Gasteiger partial charge in [-0.25, -0.2) is 0 Å². The second-order valence-corrected chi connectivity index (χ2v) is 4.56. The zero-order valence-electron chi connectivity index (χ0n) is 10.1. The van der Waals surface area contributed by atoms with Gasteiger partial charge in [0.1, 0.15) is 5.60 Å². The van der Waals surface area contributed by atoms with Crippen molar-refractivity contribution in [1.29, 1.82) is 0 Å². The van der Waals surface area contributed by atoms with E-state index in [0.29, 0.717) is 19.0 Å². The Labute approximate surface area is 95.9 Å². The molecule has 1 rings (SSSR count).